The third-order valence-corrected chi connectivity index (χ3v) is 4.22. The maximum Gasteiger partial charge on any atom is 0.124 e. The van der Waals surface area contributed by atoms with E-state index in [1.165, 1.54) is 31.2 Å². The van der Waals surface area contributed by atoms with E-state index in [4.69, 9.17) is 9.47 Å². The van der Waals surface area contributed by atoms with Gasteiger partial charge in [0, 0.05) is 11.6 Å². The van der Waals surface area contributed by atoms with Gasteiger partial charge in [-0.05, 0) is 38.1 Å². The van der Waals surface area contributed by atoms with E-state index in [-0.39, 0.29) is 6.04 Å². The number of unbranched alkanes of at least 4 members (excludes halogenated alkanes) is 3. The van der Waals surface area contributed by atoms with Gasteiger partial charge < -0.3 is 14.8 Å². The van der Waals surface area contributed by atoms with Gasteiger partial charge in [0.05, 0.1) is 0 Å². The van der Waals surface area contributed by atoms with Gasteiger partial charge in [-0.15, -0.1) is 0 Å². The van der Waals surface area contributed by atoms with Crippen molar-refractivity contribution in [2.75, 3.05) is 19.8 Å². The average Bonchev–Trinajstić information content (AvgIpc) is 2.66. The summed E-state index contributed by atoms with van der Waals surface area (Å²) < 4.78 is 11.6. The van der Waals surface area contributed by atoms with Gasteiger partial charge in [0.25, 0.3) is 0 Å². The minimum atomic E-state index is 0.285. The van der Waals surface area contributed by atoms with Gasteiger partial charge in [-0.1, -0.05) is 62.6 Å². The van der Waals surface area contributed by atoms with E-state index in [0.717, 1.165) is 18.0 Å². The summed E-state index contributed by atoms with van der Waals surface area (Å²) in [6, 6.07) is 18.4. The number of ether oxygens (including phenoxy) is 2. The fourth-order valence-corrected chi connectivity index (χ4v) is 2.78. The predicted octanol–water partition coefficient (Wildman–Crippen LogP) is 5.38. The number of rotatable bonds is 12. The number of para-hydroxylation sites is 2. The summed E-state index contributed by atoms with van der Waals surface area (Å²) >= 11 is 0. The third kappa shape index (κ3) is 7.18. The van der Waals surface area contributed by atoms with Crippen molar-refractivity contribution in [3.05, 3.63) is 60.2 Å². The summed E-state index contributed by atoms with van der Waals surface area (Å²) in [5, 5.41) is 3.60. The lowest BCUT2D eigenvalue weighted by Gasteiger charge is -2.18. The maximum atomic E-state index is 5.96. The van der Waals surface area contributed by atoms with Gasteiger partial charge in [-0.3, -0.25) is 0 Å². The standard InChI is InChI=1S/C22H31NO2/c1-3-4-5-11-16-23-19(2)21-14-9-10-15-22(21)25-18-17-24-20-12-7-6-8-13-20/h6-10,12-15,19,23H,3-5,11,16-18H2,1-2H3. The molecule has 3 heteroatoms. The Morgan fingerprint density at radius 3 is 2.36 bits per heavy atom. The van der Waals surface area contributed by atoms with Gasteiger partial charge in [-0.2, -0.15) is 0 Å². The molecule has 0 fully saturated rings. The molecule has 2 aromatic carbocycles. The molecule has 0 bridgehead atoms. The first-order valence-electron chi connectivity index (χ1n) is 9.44. The third-order valence-electron chi connectivity index (χ3n) is 4.22. The Hall–Kier alpha value is -2.00. The van der Waals surface area contributed by atoms with Crippen LogP contribution in [0.4, 0.5) is 0 Å². The van der Waals surface area contributed by atoms with Crippen molar-refractivity contribution < 1.29 is 9.47 Å². The summed E-state index contributed by atoms with van der Waals surface area (Å²) in [5.74, 6) is 1.81. The summed E-state index contributed by atoms with van der Waals surface area (Å²) in [6.45, 7) is 6.56. The van der Waals surface area contributed by atoms with Gasteiger partial charge in [0.2, 0.25) is 0 Å². The molecular formula is C22H31NO2. The Morgan fingerprint density at radius 1 is 0.840 bits per heavy atom. The van der Waals surface area contributed by atoms with E-state index in [2.05, 4.69) is 31.3 Å². The molecule has 0 saturated carbocycles. The summed E-state index contributed by atoms with van der Waals surface area (Å²) in [7, 11) is 0. The Bertz CT molecular complexity index is 586. The van der Waals surface area contributed by atoms with Crippen molar-refractivity contribution in [3.8, 4) is 11.5 Å². The minimum Gasteiger partial charge on any atom is -0.490 e. The Balaban J connectivity index is 1.76. The van der Waals surface area contributed by atoms with Crippen molar-refractivity contribution in [3.63, 3.8) is 0 Å². The van der Waals surface area contributed by atoms with Crippen LogP contribution in [0.15, 0.2) is 54.6 Å². The van der Waals surface area contributed by atoms with E-state index >= 15 is 0 Å². The van der Waals surface area contributed by atoms with Crippen molar-refractivity contribution in [1.29, 1.82) is 0 Å². The number of benzene rings is 2. The van der Waals surface area contributed by atoms with Crippen LogP contribution < -0.4 is 14.8 Å². The molecule has 2 rings (SSSR count). The fourth-order valence-electron chi connectivity index (χ4n) is 2.78. The molecule has 25 heavy (non-hydrogen) atoms. The molecule has 1 N–H and O–H groups in total. The summed E-state index contributed by atoms with van der Waals surface area (Å²) in [4.78, 5) is 0. The Kier molecular flexibility index (Phi) is 8.92. The predicted molar refractivity (Wildman–Crippen MR) is 104 cm³/mol. The lowest BCUT2D eigenvalue weighted by molar-refractivity contribution is 0.215. The molecule has 136 valence electrons. The van der Waals surface area contributed by atoms with E-state index in [0.29, 0.717) is 13.2 Å². The van der Waals surface area contributed by atoms with E-state index in [1.54, 1.807) is 0 Å². The van der Waals surface area contributed by atoms with Crippen LogP contribution in [-0.4, -0.2) is 19.8 Å². The molecule has 0 aliphatic heterocycles. The second-order valence-electron chi connectivity index (χ2n) is 6.28. The summed E-state index contributed by atoms with van der Waals surface area (Å²) in [5.41, 5.74) is 1.21. The lowest BCUT2D eigenvalue weighted by Crippen LogP contribution is -2.21. The Labute approximate surface area is 152 Å². The molecule has 0 radical (unpaired) electrons. The van der Waals surface area contributed by atoms with Crippen LogP contribution in [0.1, 0.15) is 51.1 Å². The van der Waals surface area contributed by atoms with Gasteiger partial charge in [0.1, 0.15) is 24.7 Å². The molecule has 0 heterocycles. The smallest absolute Gasteiger partial charge is 0.124 e. The van der Waals surface area contributed by atoms with E-state index in [9.17, 15) is 0 Å². The first-order chi connectivity index (χ1) is 12.3. The number of hydrogen-bond acceptors (Lipinski definition) is 3. The highest BCUT2D eigenvalue weighted by atomic mass is 16.5. The number of hydrogen-bond donors (Lipinski definition) is 1. The van der Waals surface area contributed by atoms with E-state index in [1.807, 2.05) is 42.5 Å². The molecule has 0 aliphatic rings. The first kappa shape index (κ1) is 19.3. The van der Waals surface area contributed by atoms with Crippen LogP contribution in [0.2, 0.25) is 0 Å². The first-order valence-corrected chi connectivity index (χ1v) is 9.44. The van der Waals surface area contributed by atoms with Crippen LogP contribution in [0.5, 0.6) is 11.5 Å². The molecule has 0 aliphatic carbocycles. The highest BCUT2D eigenvalue weighted by molar-refractivity contribution is 5.35. The second kappa shape index (κ2) is 11.5. The van der Waals surface area contributed by atoms with Crippen molar-refractivity contribution in [2.45, 2.75) is 45.6 Å². The SMILES string of the molecule is CCCCCCNC(C)c1ccccc1OCCOc1ccccc1. The topological polar surface area (TPSA) is 30.5 Å². The maximum absolute atomic E-state index is 5.96. The zero-order chi connectivity index (χ0) is 17.7. The molecule has 0 saturated heterocycles. The number of nitrogens with one attached hydrogen (secondary N) is 1. The molecule has 1 unspecified atom stereocenters. The molecule has 1 atom stereocenters. The molecular weight excluding hydrogens is 310 g/mol. The molecule has 0 spiro atoms. The fraction of sp³-hybridized carbons (Fsp3) is 0.455. The Morgan fingerprint density at radius 2 is 1.56 bits per heavy atom. The molecule has 3 nitrogen and oxygen atoms in total. The molecule has 0 amide bonds. The zero-order valence-corrected chi connectivity index (χ0v) is 15.5. The van der Waals surface area contributed by atoms with Crippen molar-refractivity contribution in [1.82, 2.24) is 5.32 Å². The molecule has 0 aromatic heterocycles. The minimum absolute atomic E-state index is 0.285. The van der Waals surface area contributed by atoms with Crippen molar-refractivity contribution in [2.24, 2.45) is 0 Å². The molecule has 2 aromatic rings. The van der Waals surface area contributed by atoms with E-state index < -0.39 is 0 Å². The average molecular weight is 341 g/mol. The highest BCUT2D eigenvalue weighted by Crippen LogP contribution is 2.24. The van der Waals surface area contributed by atoms with Crippen LogP contribution in [-0.2, 0) is 0 Å². The van der Waals surface area contributed by atoms with Crippen LogP contribution in [0.25, 0.3) is 0 Å². The lowest BCUT2D eigenvalue weighted by atomic mass is 10.1. The summed E-state index contributed by atoms with van der Waals surface area (Å²) in [6.07, 6.45) is 5.12. The van der Waals surface area contributed by atoms with Crippen LogP contribution in [0, 0.1) is 0 Å². The second-order valence-corrected chi connectivity index (χ2v) is 6.28. The van der Waals surface area contributed by atoms with Gasteiger partial charge in [0.15, 0.2) is 0 Å². The zero-order valence-electron chi connectivity index (χ0n) is 15.5. The van der Waals surface area contributed by atoms with Crippen LogP contribution >= 0.6 is 0 Å². The van der Waals surface area contributed by atoms with Crippen molar-refractivity contribution >= 4 is 0 Å². The largest absolute Gasteiger partial charge is 0.490 e. The van der Waals surface area contributed by atoms with Crippen LogP contribution in [0.3, 0.4) is 0 Å². The van der Waals surface area contributed by atoms with Gasteiger partial charge in [-0.25, -0.2) is 0 Å². The quantitative estimate of drug-likeness (QED) is 0.526. The van der Waals surface area contributed by atoms with Gasteiger partial charge >= 0.3 is 0 Å². The normalized spacial score (nSPS) is 11.9. The highest BCUT2D eigenvalue weighted by Gasteiger charge is 2.10. The monoisotopic (exact) mass is 341 g/mol.